The smallest absolute Gasteiger partial charge is 0.321 e. The second kappa shape index (κ2) is 9.81. The molecule has 3 amide bonds. The Balaban J connectivity index is 2.95. The molecule has 0 radical (unpaired) electrons. The first-order chi connectivity index (χ1) is 11.8. The van der Waals surface area contributed by atoms with Gasteiger partial charge in [0.15, 0.2) is 0 Å². The number of amides is 3. The first-order valence-corrected chi connectivity index (χ1v) is 8.88. The highest BCUT2D eigenvalue weighted by Gasteiger charge is 2.15. The Morgan fingerprint density at radius 2 is 1.84 bits per heavy atom. The molecule has 0 aliphatic carbocycles. The predicted molar refractivity (Wildman–Crippen MR) is 94.1 cm³/mol. The quantitative estimate of drug-likeness (QED) is 0.369. The van der Waals surface area contributed by atoms with Crippen molar-refractivity contribution in [3.8, 4) is 0 Å². The summed E-state index contributed by atoms with van der Waals surface area (Å²) in [5, 5.41) is 10.3. The topological polar surface area (TPSA) is 138 Å². The van der Waals surface area contributed by atoms with E-state index in [-0.39, 0.29) is 11.4 Å². The fraction of sp³-hybridized carbons (Fsp3) is 0.429. The summed E-state index contributed by atoms with van der Waals surface area (Å²) in [6.45, 7) is 0.732. The molecule has 11 heteroatoms. The molecular weight excluding hydrogens is 350 g/mol. The van der Waals surface area contributed by atoms with Gasteiger partial charge in [-0.3, -0.25) is 10.1 Å². The van der Waals surface area contributed by atoms with E-state index in [4.69, 9.17) is 4.74 Å². The van der Waals surface area contributed by atoms with Gasteiger partial charge < -0.3 is 20.7 Å². The fourth-order valence-electron chi connectivity index (χ4n) is 1.81. The van der Waals surface area contributed by atoms with E-state index in [2.05, 4.69) is 26.0 Å². The van der Waals surface area contributed by atoms with Crippen LogP contribution in [-0.4, -0.2) is 61.3 Å². The summed E-state index contributed by atoms with van der Waals surface area (Å²) in [5.41, 5.74) is 0.999. The molecule has 0 spiro atoms. The van der Waals surface area contributed by atoms with Gasteiger partial charge in [-0.15, -0.1) is 0 Å². The molecule has 0 fully saturated rings. The Labute approximate surface area is 146 Å². The molecule has 0 heterocycles. The van der Waals surface area contributed by atoms with Gasteiger partial charge in [0.2, 0.25) is 15.9 Å². The number of anilines is 2. The zero-order valence-corrected chi connectivity index (χ0v) is 15.1. The molecular formula is C14H23N5O5S. The molecule has 1 aromatic rings. The first kappa shape index (κ1) is 20.7. The third-order valence-electron chi connectivity index (χ3n) is 3.11. The summed E-state index contributed by atoms with van der Waals surface area (Å²) < 4.78 is 31.1. The summed E-state index contributed by atoms with van der Waals surface area (Å²) in [6.07, 6.45) is 0. The molecule has 0 aliphatic rings. The molecule has 0 bridgehead atoms. The van der Waals surface area contributed by atoms with Crippen LogP contribution in [-0.2, 0) is 19.6 Å². The van der Waals surface area contributed by atoms with Crippen molar-refractivity contribution in [3.63, 3.8) is 0 Å². The second-order valence-corrected chi connectivity index (χ2v) is 6.70. The van der Waals surface area contributed by atoms with E-state index >= 15 is 0 Å². The molecule has 1 rings (SSSR count). The van der Waals surface area contributed by atoms with Crippen molar-refractivity contribution in [2.45, 2.75) is 4.90 Å². The normalized spacial score (nSPS) is 10.8. The number of ether oxygens (including phenoxy) is 1. The van der Waals surface area contributed by atoms with Gasteiger partial charge >= 0.3 is 6.03 Å². The first-order valence-electron chi connectivity index (χ1n) is 7.40. The van der Waals surface area contributed by atoms with Gasteiger partial charge in [-0.2, -0.15) is 0 Å². The molecule has 10 nitrogen and oxygen atoms in total. The highest BCUT2D eigenvalue weighted by molar-refractivity contribution is 7.89. The summed E-state index contributed by atoms with van der Waals surface area (Å²) >= 11 is 0. The van der Waals surface area contributed by atoms with Crippen LogP contribution in [0, 0.1) is 0 Å². The molecule has 5 N–H and O–H groups in total. The van der Waals surface area contributed by atoms with Crippen molar-refractivity contribution in [3.05, 3.63) is 18.2 Å². The van der Waals surface area contributed by atoms with Gasteiger partial charge in [0.05, 0.1) is 29.4 Å². The Morgan fingerprint density at radius 1 is 1.12 bits per heavy atom. The minimum atomic E-state index is -3.63. The van der Waals surface area contributed by atoms with Crippen LogP contribution in [0.3, 0.4) is 0 Å². The van der Waals surface area contributed by atoms with Crippen molar-refractivity contribution in [2.24, 2.45) is 0 Å². The number of hydrogen-bond acceptors (Lipinski definition) is 7. The van der Waals surface area contributed by atoms with E-state index in [1.54, 1.807) is 13.2 Å². The fourth-order valence-corrected chi connectivity index (χ4v) is 2.56. The summed E-state index contributed by atoms with van der Waals surface area (Å²) in [6, 6.07) is 3.79. The van der Waals surface area contributed by atoms with Crippen LogP contribution in [0.5, 0.6) is 0 Å². The van der Waals surface area contributed by atoms with Gasteiger partial charge in [0.1, 0.15) is 0 Å². The Hall–Kier alpha value is -2.37. The zero-order valence-electron chi connectivity index (χ0n) is 14.3. The third-order valence-corrected chi connectivity index (χ3v) is 4.52. The molecule has 140 valence electrons. The monoisotopic (exact) mass is 373 g/mol. The minimum Gasteiger partial charge on any atom is -0.383 e. The van der Waals surface area contributed by atoms with Gasteiger partial charge in [-0.05, 0) is 25.2 Å². The van der Waals surface area contributed by atoms with Crippen LogP contribution in [0.15, 0.2) is 23.1 Å². The molecule has 0 saturated heterocycles. The van der Waals surface area contributed by atoms with Gasteiger partial charge in [0.25, 0.3) is 0 Å². The van der Waals surface area contributed by atoms with Crippen LogP contribution in [0.1, 0.15) is 0 Å². The lowest BCUT2D eigenvalue weighted by atomic mass is 10.2. The van der Waals surface area contributed by atoms with E-state index in [1.807, 2.05) is 0 Å². The average Bonchev–Trinajstić information content (AvgIpc) is 2.60. The standard InChI is InChI=1S/C14H23N5O5S/c1-15-14(21)19-13(20)9-18-12-8-10(25(22,23)16-2)4-5-11(12)17-6-7-24-3/h4-5,8,16-18H,6-7,9H2,1-3H3,(H2,15,19,20,21). The maximum absolute atomic E-state index is 11.9. The summed E-state index contributed by atoms with van der Waals surface area (Å²) in [7, 11) is 0.629. The van der Waals surface area contributed by atoms with Crippen molar-refractivity contribution in [1.82, 2.24) is 15.4 Å². The summed E-state index contributed by atoms with van der Waals surface area (Å²) in [5.74, 6) is -0.566. The summed E-state index contributed by atoms with van der Waals surface area (Å²) in [4.78, 5) is 22.8. The van der Waals surface area contributed by atoms with E-state index < -0.39 is 22.0 Å². The molecule has 0 aliphatic heterocycles. The number of benzene rings is 1. The number of methoxy groups -OCH3 is 1. The number of nitrogens with one attached hydrogen (secondary N) is 5. The molecule has 0 unspecified atom stereocenters. The Kier molecular flexibility index (Phi) is 8.11. The lowest BCUT2D eigenvalue weighted by molar-refractivity contribution is -0.118. The third kappa shape index (κ3) is 6.57. The molecule has 0 atom stereocenters. The minimum absolute atomic E-state index is 0.0431. The van der Waals surface area contributed by atoms with E-state index in [1.165, 1.54) is 26.2 Å². The Morgan fingerprint density at radius 3 is 2.44 bits per heavy atom. The van der Waals surface area contributed by atoms with Crippen molar-refractivity contribution < 1.29 is 22.7 Å². The number of rotatable bonds is 9. The molecule has 0 saturated carbocycles. The number of urea groups is 1. The maximum atomic E-state index is 11.9. The molecule has 1 aromatic carbocycles. The number of carbonyl (C=O) groups excluding carboxylic acids is 2. The van der Waals surface area contributed by atoms with E-state index in [9.17, 15) is 18.0 Å². The lowest BCUT2D eigenvalue weighted by Gasteiger charge is -2.15. The Bertz CT molecular complexity index is 708. The molecule has 25 heavy (non-hydrogen) atoms. The van der Waals surface area contributed by atoms with Gasteiger partial charge in [-0.1, -0.05) is 0 Å². The highest BCUT2D eigenvalue weighted by Crippen LogP contribution is 2.25. The van der Waals surface area contributed by atoms with Crippen LogP contribution in [0.2, 0.25) is 0 Å². The largest absolute Gasteiger partial charge is 0.383 e. The lowest BCUT2D eigenvalue weighted by Crippen LogP contribution is -2.40. The zero-order chi connectivity index (χ0) is 18.9. The van der Waals surface area contributed by atoms with Crippen LogP contribution >= 0.6 is 0 Å². The number of carbonyl (C=O) groups is 2. The number of imide groups is 1. The number of hydrogen-bond donors (Lipinski definition) is 5. The second-order valence-electron chi connectivity index (χ2n) is 4.82. The predicted octanol–water partition coefficient (Wildman–Crippen LogP) is -0.479. The number of sulfonamides is 1. The van der Waals surface area contributed by atoms with Crippen LogP contribution in [0.4, 0.5) is 16.2 Å². The van der Waals surface area contributed by atoms with E-state index in [0.717, 1.165) is 0 Å². The van der Waals surface area contributed by atoms with Crippen molar-refractivity contribution in [1.29, 1.82) is 0 Å². The van der Waals surface area contributed by atoms with Gasteiger partial charge in [0, 0.05) is 20.7 Å². The molecule has 0 aromatic heterocycles. The van der Waals surface area contributed by atoms with Crippen molar-refractivity contribution in [2.75, 3.05) is 51.5 Å². The average molecular weight is 373 g/mol. The highest BCUT2D eigenvalue weighted by atomic mass is 32.2. The van der Waals surface area contributed by atoms with Crippen LogP contribution < -0.4 is 26.0 Å². The SMILES string of the molecule is CNC(=O)NC(=O)CNc1cc(S(=O)(=O)NC)ccc1NCCOC. The van der Waals surface area contributed by atoms with Gasteiger partial charge in [-0.25, -0.2) is 17.9 Å². The maximum Gasteiger partial charge on any atom is 0.321 e. The van der Waals surface area contributed by atoms with Crippen molar-refractivity contribution >= 4 is 33.3 Å². The van der Waals surface area contributed by atoms with Crippen LogP contribution in [0.25, 0.3) is 0 Å². The van der Waals surface area contributed by atoms with E-state index in [0.29, 0.717) is 24.5 Å².